The maximum absolute atomic E-state index is 11.3. The van der Waals surface area contributed by atoms with Crippen LogP contribution in [0.15, 0.2) is 5.11 Å². The minimum absolute atomic E-state index is 0.195. The number of carbonyl (C=O) groups is 1. The van der Waals surface area contributed by atoms with Crippen molar-refractivity contribution in [3.8, 4) is 0 Å². The monoisotopic (exact) mass is 233 g/mol. The zero-order valence-corrected chi connectivity index (χ0v) is 8.98. The third kappa shape index (κ3) is 2.91. The molecule has 4 unspecified atom stereocenters. The first kappa shape index (κ1) is 14.8. The molecule has 4 atom stereocenters. The second-order valence-electron chi connectivity index (χ2n) is 3.37. The van der Waals surface area contributed by atoms with Crippen LogP contribution in [-0.2, 0) is 4.79 Å². The highest BCUT2D eigenvalue weighted by Crippen LogP contribution is 2.20. The minimum atomic E-state index is -2.76. The first-order chi connectivity index (χ1) is 7.31. The van der Waals surface area contributed by atoms with Crippen LogP contribution < -0.4 is 0 Å². The van der Waals surface area contributed by atoms with E-state index >= 15 is 0 Å². The highest BCUT2D eigenvalue weighted by molar-refractivity contribution is 5.87. The lowest BCUT2D eigenvalue weighted by Crippen LogP contribution is -2.55. The summed E-state index contributed by atoms with van der Waals surface area (Å²) in [6.07, 6.45) is -5.47. The van der Waals surface area contributed by atoms with Gasteiger partial charge in [0.1, 0.15) is 12.2 Å². The second kappa shape index (κ2) is 5.78. The Morgan fingerprint density at radius 2 is 2.00 bits per heavy atom. The maximum atomic E-state index is 11.3. The van der Waals surface area contributed by atoms with Gasteiger partial charge in [-0.25, -0.2) is 0 Å². The summed E-state index contributed by atoms with van der Waals surface area (Å²) in [7, 11) is 0. The Hall–Kier alpha value is -1.18. The van der Waals surface area contributed by atoms with Crippen molar-refractivity contribution in [3.05, 3.63) is 10.4 Å². The molecule has 0 aliphatic carbocycles. The van der Waals surface area contributed by atoms with Gasteiger partial charge >= 0.3 is 0 Å². The van der Waals surface area contributed by atoms with Crippen LogP contribution in [0.25, 0.3) is 10.4 Å². The third-order valence-corrected chi connectivity index (χ3v) is 2.16. The number of Topliss-reactive ketones (excluding diaryl/α,β-unsaturated/α-hetero) is 1. The molecule has 0 rings (SSSR count). The molecule has 92 valence electrons. The number of ketones is 1. The van der Waals surface area contributed by atoms with Crippen LogP contribution in [-0.4, -0.2) is 50.2 Å². The Morgan fingerprint density at radius 1 is 1.50 bits per heavy atom. The fourth-order valence-electron chi connectivity index (χ4n) is 1.11. The summed E-state index contributed by atoms with van der Waals surface area (Å²) < 4.78 is 0. The Labute approximate surface area is 91.8 Å². The Bertz CT molecular complexity index is 302. The van der Waals surface area contributed by atoms with Gasteiger partial charge in [-0.15, -0.1) is 0 Å². The van der Waals surface area contributed by atoms with Crippen molar-refractivity contribution in [2.45, 2.75) is 44.3 Å². The molecule has 0 aliphatic rings. The summed E-state index contributed by atoms with van der Waals surface area (Å²) in [6, 6.07) is 0. The minimum Gasteiger partial charge on any atom is -0.391 e. The normalized spacial score (nSPS) is 20.1. The molecule has 0 heterocycles. The van der Waals surface area contributed by atoms with Crippen LogP contribution in [0.4, 0.5) is 0 Å². The lowest BCUT2D eigenvalue weighted by molar-refractivity contribution is -0.168. The van der Waals surface area contributed by atoms with E-state index in [1.54, 1.807) is 0 Å². The molecule has 0 aromatic rings. The van der Waals surface area contributed by atoms with Gasteiger partial charge in [0.05, 0.1) is 6.10 Å². The van der Waals surface area contributed by atoms with Gasteiger partial charge in [0.25, 0.3) is 0 Å². The lowest BCUT2D eigenvalue weighted by atomic mass is 9.94. The van der Waals surface area contributed by atoms with Crippen molar-refractivity contribution in [2.75, 3.05) is 0 Å². The van der Waals surface area contributed by atoms with Crippen molar-refractivity contribution in [1.82, 2.24) is 0 Å². The number of aliphatic hydroxyl groups is 4. The van der Waals surface area contributed by atoms with Crippen molar-refractivity contribution in [1.29, 1.82) is 0 Å². The largest absolute Gasteiger partial charge is 0.391 e. The molecule has 0 aromatic carbocycles. The molecule has 0 fully saturated rings. The fourth-order valence-corrected chi connectivity index (χ4v) is 1.11. The maximum Gasteiger partial charge on any atom is 0.230 e. The van der Waals surface area contributed by atoms with Gasteiger partial charge in [-0.1, -0.05) is 6.92 Å². The van der Waals surface area contributed by atoms with Crippen LogP contribution in [0.1, 0.15) is 20.3 Å². The Balaban J connectivity index is 5.20. The van der Waals surface area contributed by atoms with Gasteiger partial charge < -0.3 is 20.4 Å². The molecule has 8 heteroatoms. The first-order valence-electron chi connectivity index (χ1n) is 4.67. The van der Waals surface area contributed by atoms with Gasteiger partial charge in [-0.3, -0.25) is 4.79 Å². The molecular formula is C8H15N3O5. The number of hydrogen-bond donors (Lipinski definition) is 4. The third-order valence-electron chi connectivity index (χ3n) is 2.16. The van der Waals surface area contributed by atoms with E-state index in [2.05, 4.69) is 10.0 Å². The van der Waals surface area contributed by atoms with Crippen molar-refractivity contribution in [3.63, 3.8) is 0 Å². The quantitative estimate of drug-likeness (QED) is 0.266. The number of nitrogens with zero attached hydrogens (tertiary/aromatic N) is 3. The molecule has 16 heavy (non-hydrogen) atoms. The van der Waals surface area contributed by atoms with Crippen molar-refractivity contribution >= 4 is 5.78 Å². The standard InChI is InChI=1S/C8H15N3O5/c1-3-5(13)8(16,10-11-9)7(15)6(14)4(2)12/h4,6-7,12,14-16H,3H2,1-2H3. The molecule has 0 spiro atoms. The van der Waals surface area contributed by atoms with Gasteiger partial charge in [0, 0.05) is 11.3 Å². The summed E-state index contributed by atoms with van der Waals surface area (Å²) in [5.41, 5.74) is 5.44. The topological polar surface area (TPSA) is 147 Å². The van der Waals surface area contributed by atoms with Gasteiger partial charge in [0.15, 0.2) is 5.78 Å². The lowest BCUT2D eigenvalue weighted by Gasteiger charge is -2.31. The smallest absolute Gasteiger partial charge is 0.230 e. The van der Waals surface area contributed by atoms with E-state index in [0.717, 1.165) is 6.92 Å². The molecule has 4 N–H and O–H groups in total. The molecule has 8 nitrogen and oxygen atoms in total. The highest BCUT2D eigenvalue weighted by Gasteiger charge is 2.46. The molecule has 0 bridgehead atoms. The van der Waals surface area contributed by atoms with E-state index in [9.17, 15) is 20.1 Å². The molecule has 0 radical (unpaired) electrons. The van der Waals surface area contributed by atoms with Crippen molar-refractivity contribution in [2.24, 2.45) is 5.11 Å². The number of carbonyl (C=O) groups excluding carboxylic acids is 1. The summed E-state index contributed by atoms with van der Waals surface area (Å²) in [5.74, 6) is -0.947. The summed E-state index contributed by atoms with van der Waals surface area (Å²) >= 11 is 0. The SMILES string of the molecule is CCC(=O)C(O)(N=[N+]=[N-])C(O)C(O)C(C)O. The average Bonchev–Trinajstić information content (AvgIpc) is 2.25. The molecular weight excluding hydrogens is 218 g/mol. The van der Waals surface area contributed by atoms with Crippen molar-refractivity contribution < 1.29 is 25.2 Å². The molecule has 0 saturated carbocycles. The Morgan fingerprint density at radius 3 is 2.31 bits per heavy atom. The highest BCUT2D eigenvalue weighted by atomic mass is 16.4. The second-order valence-corrected chi connectivity index (χ2v) is 3.37. The van der Waals surface area contributed by atoms with Crippen LogP contribution in [0, 0.1) is 0 Å². The van der Waals surface area contributed by atoms with Gasteiger partial charge in [-0.2, -0.15) is 0 Å². The predicted octanol–water partition coefficient (Wildman–Crippen LogP) is -0.933. The fraction of sp³-hybridized carbons (Fsp3) is 0.875. The van der Waals surface area contributed by atoms with E-state index in [-0.39, 0.29) is 6.42 Å². The number of aliphatic hydroxyl groups excluding tert-OH is 3. The average molecular weight is 233 g/mol. The van der Waals surface area contributed by atoms with Gasteiger partial charge in [-0.05, 0) is 17.6 Å². The summed E-state index contributed by atoms with van der Waals surface area (Å²) in [6.45, 7) is 2.54. The zero-order chi connectivity index (χ0) is 12.9. The first-order valence-corrected chi connectivity index (χ1v) is 4.67. The van der Waals surface area contributed by atoms with E-state index in [4.69, 9.17) is 10.6 Å². The Kier molecular flexibility index (Phi) is 5.36. The molecule has 0 saturated heterocycles. The summed E-state index contributed by atoms with van der Waals surface area (Å²) in [5, 5.41) is 40.3. The van der Waals surface area contributed by atoms with Gasteiger partial charge in [0.2, 0.25) is 5.72 Å². The van der Waals surface area contributed by atoms with E-state index in [1.807, 2.05) is 0 Å². The molecule has 0 aliphatic heterocycles. The van der Waals surface area contributed by atoms with Crippen LogP contribution >= 0.6 is 0 Å². The van der Waals surface area contributed by atoms with Crippen LogP contribution in [0.3, 0.4) is 0 Å². The van der Waals surface area contributed by atoms with E-state index < -0.39 is 29.8 Å². The summed E-state index contributed by atoms with van der Waals surface area (Å²) in [4.78, 5) is 13.6. The number of hydrogen-bond acceptors (Lipinski definition) is 6. The predicted molar refractivity (Wildman–Crippen MR) is 53.1 cm³/mol. The zero-order valence-electron chi connectivity index (χ0n) is 8.98. The molecule has 0 aromatic heterocycles. The molecule has 0 amide bonds. The van der Waals surface area contributed by atoms with E-state index in [0.29, 0.717) is 0 Å². The van der Waals surface area contributed by atoms with E-state index in [1.165, 1.54) is 6.92 Å². The number of azide groups is 1. The number of rotatable bonds is 6. The van der Waals surface area contributed by atoms with Crippen LogP contribution in [0.2, 0.25) is 0 Å². The van der Waals surface area contributed by atoms with Crippen LogP contribution in [0.5, 0.6) is 0 Å².